The minimum Gasteiger partial charge on any atom is -0.497 e. The van der Waals surface area contributed by atoms with Crippen molar-refractivity contribution in [3.05, 3.63) is 87.1 Å². The lowest BCUT2D eigenvalue weighted by atomic mass is 9.88. The molecule has 1 aliphatic heterocycles. The molecule has 8 nitrogen and oxygen atoms in total. The molecule has 5 rings (SSSR count). The van der Waals surface area contributed by atoms with E-state index in [4.69, 9.17) is 28.9 Å². The predicted molar refractivity (Wildman–Crippen MR) is 165 cm³/mol. The number of methoxy groups -OCH3 is 4. The Balaban J connectivity index is 1.61. The van der Waals surface area contributed by atoms with Gasteiger partial charge in [-0.2, -0.15) is 0 Å². The lowest BCUT2D eigenvalue weighted by Crippen LogP contribution is -2.36. The standard InChI is InChI=1S/C32H37BrN4O4/c1-6-7-8-29-36-30-31(37(29)19-21-10-13-24(39-3)17-28(21)41-5)25-14-11-22(33)15-26(25)35-32(30)34-18-20-9-12-23(38-2)16-27(20)40-4/h9-13,15-17,25H,6-8,14,18-19H2,1-5H3,(H,34,35). The number of hydrogen-bond donors (Lipinski definition) is 1. The van der Waals surface area contributed by atoms with Gasteiger partial charge in [-0.3, -0.25) is 4.99 Å². The summed E-state index contributed by atoms with van der Waals surface area (Å²) < 4.78 is 25.7. The third-order valence-electron chi connectivity index (χ3n) is 7.60. The van der Waals surface area contributed by atoms with Crippen molar-refractivity contribution in [1.82, 2.24) is 14.9 Å². The summed E-state index contributed by atoms with van der Waals surface area (Å²) in [4.78, 5) is 10.3. The number of imidazole rings is 1. The highest BCUT2D eigenvalue weighted by Crippen LogP contribution is 2.40. The number of amidine groups is 1. The van der Waals surface area contributed by atoms with Gasteiger partial charge in [0.25, 0.3) is 0 Å². The average Bonchev–Trinajstić information content (AvgIpc) is 3.36. The molecule has 9 heteroatoms. The summed E-state index contributed by atoms with van der Waals surface area (Å²) in [6, 6.07) is 11.8. The molecule has 0 saturated heterocycles. The minimum atomic E-state index is 0.146. The smallest absolute Gasteiger partial charge is 0.153 e. The van der Waals surface area contributed by atoms with Gasteiger partial charge in [0.05, 0.1) is 47.2 Å². The van der Waals surface area contributed by atoms with Crippen molar-refractivity contribution >= 4 is 21.8 Å². The van der Waals surface area contributed by atoms with Gasteiger partial charge >= 0.3 is 0 Å². The zero-order chi connectivity index (χ0) is 28.9. The molecule has 41 heavy (non-hydrogen) atoms. The molecular weight excluding hydrogens is 584 g/mol. The van der Waals surface area contributed by atoms with Crippen molar-refractivity contribution in [2.75, 3.05) is 28.4 Å². The number of hydrogen-bond acceptors (Lipinski definition) is 6. The summed E-state index contributed by atoms with van der Waals surface area (Å²) in [5.74, 6) is 5.02. The first-order chi connectivity index (χ1) is 20.0. The average molecular weight is 622 g/mol. The van der Waals surface area contributed by atoms with Crippen LogP contribution in [0.3, 0.4) is 0 Å². The predicted octanol–water partition coefficient (Wildman–Crippen LogP) is 6.51. The molecule has 0 saturated carbocycles. The summed E-state index contributed by atoms with van der Waals surface area (Å²) in [6.07, 6.45) is 8.26. The maximum atomic E-state index is 5.77. The number of rotatable bonds is 11. The third kappa shape index (κ3) is 6.00. The van der Waals surface area contributed by atoms with Crippen LogP contribution in [0.5, 0.6) is 23.0 Å². The summed E-state index contributed by atoms with van der Waals surface area (Å²) in [5.41, 5.74) is 5.24. The van der Waals surface area contributed by atoms with Gasteiger partial charge in [0.1, 0.15) is 34.5 Å². The van der Waals surface area contributed by atoms with Gasteiger partial charge in [-0.1, -0.05) is 35.4 Å². The van der Waals surface area contributed by atoms with E-state index in [1.54, 1.807) is 28.4 Å². The number of aromatic nitrogens is 2. The maximum Gasteiger partial charge on any atom is 0.153 e. The van der Waals surface area contributed by atoms with E-state index < -0.39 is 0 Å². The van der Waals surface area contributed by atoms with Crippen molar-refractivity contribution in [2.24, 2.45) is 4.99 Å². The summed E-state index contributed by atoms with van der Waals surface area (Å²) in [7, 11) is 6.68. The topological polar surface area (TPSA) is 79.1 Å². The van der Waals surface area contributed by atoms with Gasteiger partial charge in [-0.25, -0.2) is 4.98 Å². The Hall–Kier alpha value is -3.72. The molecule has 0 bridgehead atoms. The monoisotopic (exact) mass is 620 g/mol. The molecular formula is C32H37BrN4O4. The Kier molecular flexibility index (Phi) is 9.03. The fraction of sp³-hybridized carbons (Fsp3) is 0.375. The zero-order valence-corrected chi connectivity index (χ0v) is 25.9. The number of nitrogens with one attached hydrogen (secondary N) is 1. The van der Waals surface area contributed by atoms with E-state index in [-0.39, 0.29) is 5.92 Å². The second-order valence-electron chi connectivity index (χ2n) is 10.1. The van der Waals surface area contributed by atoms with E-state index in [0.29, 0.717) is 13.1 Å². The van der Waals surface area contributed by atoms with Gasteiger partial charge in [-0.15, -0.1) is 0 Å². The Morgan fingerprint density at radius 3 is 2.32 bits per heavy atom. The van der Waals surface area contributed by atoms with Crippen LogP contribution in [0.25, 0.3) is 0 Å². The summed E-state index contributed by atoms with van der Waals surface area (Å²) in [5, 5.41) is 3.63. The van der Waals surface area contributed by atoms with Gasteiger partial charge in [0.2, 0.25) is 0 Å². The molecule has 1 unspecified atom stereocenters. The van der Waals surface area contributed by atoms with E-state index in [1.165, 1.54) is 5.69 Å². The Morgan fingerprint density at radius 2 is 1.66 bits per heavy atom. The number of fused-ring (bicyclic) bond motifs is 3. The first kappa shape index (κ1) is 28.8. The molecule has 216 valence electrons. The second kappa shape index (κ2) is 12.9. The number of allylic oxidation sites excluding steroid dienone is 4. The molecule has 1 atom stereocenters. The minimum absolute atomic E-state index is 0.146. The van der Waals surface area contributed by atoms with E-state index in [9.17, 15) is 0 Å². The largest absolute Gasteiger partial charge is 0.497 e. The molecule has 1 aliphatic carbocycles. The van der Waals surface area contributed by atoms with E-state index in [2.05, 4.69) is 51.0 Å². The van der Waals surface area contributed by atoms with Crippen LogP contribution in [0.4, 0.5) is 0 Å². The highest BCUT2D eigenvalue weighted by Gasteiger charge is 2.35. The van der Waals surface area contributed by atoms with Crippen LogP contribution in [-0.4, -0.2) is 43.8 Å². The van der Waals surface area contributed by atoms with Crippen molar-refractivity contribution in [1.29, 1.82) is 0 Å². The molecule has 0 spiro atoms. The van der Waals surface area contributed by atoms with Gasteiger partial charge in [-0.05, 0) is 43.2 Å². The number of benzene rings is 2. The van der Waals surface area contributed by atoms with Crippen molar-refractivity contribution in [2.45, 2.75) is 51.6 Å². The number of aliphatic imine (C=N–C) groups is 1. The van der Waals surface area contributed by atoms with Crippen LogP contribution in [0.1, 0.15) is 60.4 Å². The van der Waals surface area contributed by atoms with Crippen LogP contribution in [0, 0.1) is 0 Å². The first-order valence-corrected chi connectivity index (χ1v) is 14.7. The van der Waals surface area contributed by atoms with E-state index in [1.807, 2.05) is 30.3 Å². The molecule has 1 N–H and O–H groups in total. The fourth-order valence-corrected chi connectivity index (χ4v) is 5.83. The fourth-order valence-electron chi connectivity index (χ4n) is 5.40. The molecule has 0 radical (unpaired) electrons. The molecule has 2 aromatic carbocycles. The number of ether oxygens (including phenoxy) is 4. The second-order valence-corrected chi connectivity index (χ2v) is 11.0. The van der Waals surface area contributed by atoms with Gasteiger partial charge in [0, 0.05) is 45.8 Å². The van der Waals surface area contributed by atoms with E-state index >= 15 is 0 Å². The first-order valence-electron chi connectivity index (χ1n) is 13.9. The Bertz CT molecular complexity index is 1510. The lowest BCUT2D eigenvalue weighted by molar-refractivity contribution is 0.389. The van der Waals surface area contributed by atoms with Crippen LogP contribution in [0.15, 0.2) is 63.7 Å². The zero-order valence-electron chi connectivity index (χ0n) is 24.3. The highest BCUT2D eigenvalue weighted by molar-refractivity contribution is 9.11. The number of nitrogens with zero attached hydrogens (tertiary/aromatic N) is 3. The third-order valence-corrected chi connectivity index (χ3v) is 8.15. The van der Waals surface area contributed by atoms with Crippen LogP contribution in [-0.2, 0) is 19.5 Å². The highest BCUT2D eigenvalue weighted by atomic mass is 79.9. The lowest BCUT2D eigenvalue weighted by Gasteiger charge is -2.31. The normalized spacial score (nSPS) is 16.7. The molecule has 1 aromatic heterocycles. The summed E-state index contributed by atoms with van der Waals surface area (Å²) in [6.45, 7) is 3.29. The maximum absolute atomic E-state index is 5.77. The van der Waals surface area contributed by atoms with Crippen molar-refractivity contribution in [3.8, 4) is 23.0 Å². The van der Waals surface area contributed by atoms with Crippen LogP contribution < -0.4 is 24.3 Å². The number of unbranched alkanes of at least 4 members (excludes halogenated alkanes) is 1. The Labute approximate surface area is 250 Å². The van der Waals surface area contributed by atoms with Gasteiger partial charge < -0.3 is 28.8 Å². The summed E-state index contributed by atoms with van der Waals surface area (Å²) >= 11 is 3.69. The molecule has 0 amide bonds. The van der Waals surface area contributed by atoms with Gasteiger partial charge in [0.15, 0.2) is 5.84 Å². The number of halogens is 1. The van der Waals surface area contributed by atoms with Crippen molar-refractivity contribution in [3.63, 3.8) is 0 Å². The molecule has 2 heterocycles. The quantitative estimate of drug-likeness (QED) is 0.263. The molecule has 2 aliphatic rings. The van der Waals surface area contributed by atoms with Crippen LogP contribution in [0.2, 0.25) is 0 Å². The van der Waals surface area contributed by atoms with Crippen LogP contribution >= 0.6 is 15.9 Å². The SMILES string of the molecule is CCCCc1nc2c(n1Cc1ccc(OC)cc1OC)C1CC=C(Br)C=C1NC2=NCc1ccc(OC)cc1OC. The van der Waals surface area contributed by atoms with Crippen molar-refractivity contribution < 1.29 is 18.9 Å². The molecule has 0 fully saturated rings. The molecule has 3 aromatic rings. The Morgan fingerprint density at radius 1 is 0.976 bits per heavy atom. The van der Waals surface area contributed by atoms with E-state index in [0.717, 1.165) is 87.3 Å². The number of aryl methyl sites for hydroxylation is 1.